The van der Waals surface area contributed by atoms with Gasteiger partial charge in [-0.2, -0.15) is 0 Å². The van der Waals surface area contributed by atoms with Crippen LogP contribution in [0.5, 0.6) is 0 Å². The molecule has 5 aromatic rings. The SMILES string of the molecule is Cc1ccc(-c2c([C@H](OC(C)(C)C)C(=O)O)c(C)c3ncc4cc5ccccc5nc4c3c2C)cc1. The van der Waals surface area contributed by atoms with Crippen LogP contribution < -0.4 is 0 Å². The lowest BCUT2D eigenvalue weighted by Crippen LogP contribution is -2.28. The average molecular weight is 479 g/mol. The molecule has 1 atom stereocenters. The first kappa shape index (κ1) is 23.9. The molecule has 182 valence electrons. The summed E-state index contributed by atoms with van der Waals surface area (Å²) in [6.07, 6.45) is 0.686. The number of para-hydroxylation sites is 1. The first-order chi connectivity index (χ1) is 17.0. The van der Waals surface area contributed by atoms with Crippen molar-refractivity contribution in [1.82, 2.24) is 9.97 Å². The van der Waals surface area contributed by atoms with Crippen LogP contribution in [0.25, 0.3) is 43.8 Å². The normalized spacial score (nSPS) is 12.9. The van der Waals surface area contributed by atoms with Crippen molar-refractivity contribution in [2.45, 2.75) is 53.2 Å². The number of carboxylic acids is 1. The number of nitrogens with zero attached hydrogens (tertiary/aromatic N) is 2. The number of hydrogen-bond donors (Lipinski definition) is 1. The van der Waals surface area contributed by atoms with E-state index in [2.05, 4.69) is 6.07 Å². The monoisotopic (exact) mass is 478 g/mol. The molecule has 0 aliphatic carbocycles. The number of ether oxygens (including phenoxy) is 1. The Morgan fingerprint density at radius 3 is 2.28 bits per heavy atom. The molecule has 0 aliphatic heterocycles. The van der Waals surface area contributed by atoms with Crippen molar-refractivity contribution < 1.29 is 14.6 Å². The quantitative estimate of drug-likeness (QED) is 0.214. The van der Waals surface area contributed by atoms with E-state index in [4.69, 9.17) is 14.7 Å². The van der Waals surface area contributed by atoms with Crippen LogP contribution in [0.2, 0.25) is 0 Å². The third-order valence-corrected chi connectivity index (χ3v) is 6.64. The zero-order chi connectivity index (χ0) is 25.8. The van der Waals surface area contributed by atoms with Crippen molar-refractivity contribution >= 4 is 38.7 Å². The summed E-state index contributed by atoms with van der Waals surface area (Å²) in [7, 11) is 0. The lowest BCUT2D eigenvalue weighted by atomic mass is 9.85. The van der Waals surface area contributed by atoms with Crippen molar-refractivity contribution in [2.75, 3.05) is 0 Å². The van der Waals surface area contributed by atoms with E-state index in [1.807, 2.05) is 96.3 Å². The van der Waals surface area contributed by atoms with Crippen molar-refractivity contribution in [3.63, 3.8) is 0 Å². The molecule has 0 bridgehead atoms. The lowest BCUT2D eigenvalue weighted by molar-refractivity contribution is -0.160. The Bertz CT molecular complexity index is 1650. The summed E-state index contributed by atoms with van der Waals surface area (Å²) in [5.41, 5.74) is 7.19. The first-order valence-corrected chi connectivity index (χ1v) is 12.1. The largest absolute Gasteiger partial charge is 0.479 e. The summed E-state index contributed by atoms with van der Waals surface area (Å²) in [5.74, 6) is -1.02. The number of fused-ring (bicyclic) bond motifs is 4. The van der Waals surface area contributed by atoms with Gasteiger partial charge >= 0.3 is 5.97 Å². The summed E-state index contributed by atoms with van der Waals surface area (Å²) in [6.45, 7) is 11.6. The average Bonchev–Trinajstić information content (AvgIpc) is 2.83. The van der Waals surface area contributed by atoms with Crippen LogP contribution in [-0.4, -0.2) is 26.6 Å². The van der Waals surface area contributed by atoms with Gasteiger partial charge in [0.25, 0.3) is 0 Å². The van der Waals surface area contributed by atoms with E-state index < -0.39 is 17.7 Å². The van der Waals surface area contributed by atoms with Gasteiger partial charge in [-0.05, 0) is 75.9 Å². The summed E-state index contributed by atoms with van der Waals surface area (Å²) in [4.78, 5) is 22.5. The van der Waals surface area contributed by atoms with Gasteiger partial charge in [0, 0.05) is 27.9 Å². The van der Waals surface area contributed by atoms with E-state index in [1.54, 1.807) is 0 Å². The molecule has 5 rings (SSSR count). The molecule has 2 aromatic heterocycles. The Balaban J connectivity index is 1.95. The van der Waals surface area contributed by atoms with Crippen molar-refractivity contribution in [3.8, 4) is 11.1 Å². The standard InChI is InChI=1S/C31H30N2O3/c1-17-11-13-20(14-12-17)24-18(2)26-27(19(3)25(24)29(30(34)35)36-31(4,5)6)32-16-22-15-21-9-7-8-10-23(21)33-28(22)26/h7-16,29H,1-6H3,(H,34,35)/t29-/m0/s1. The summed E-state index contributed by atoms with van der Waals surface area (Å²) >= 11 is 0. The minimum atomic E-state index is -1.15. The smallest absolute Gasteiger partial charge is 0.337 e. The third-order valence-electron chi connectivity index (χ3n) is 6.64. The van der Waals surface area contributed by atoms with Crippen LogP contribution in [0.3, 0.4) is 0 Å². The lowest BCUT2D eigenvalue weighted by Gasteiger charge is -2.29. The number of carboxylic acid groups (broad SMARTS) is 1. The van der Waals surface area contributed by atoms with Crippen molar-refractivity contribution in [3.05, 3.63) is 83.0 Å². The van der Waals surface area contributed by atoms with Gasteiger partial charge in [-0.15, -0.1) is 0 Å². The van der Waals surface area contributed by atoms with Crippen LogP contribution in [0.4, 0.5) is 0 Å². The fraction of sp³-hybridized carbons (Fsp3) is 0.258. The molecule has 0 radical (unpaired) electrons. The van der Waals surface area contributed by atoms with Gasteiger partial charge in [-0.1, -0.05) is 48.0 Å². The van der Waals surface area contributed by atoms with Gasteiger partial charge in [0.2, 0.25) is 0 Å². The van der Waals surface area contributed by atoms with Crippen molar-refractivity contribution in [1.29, 1.82) is 0 Å². The number of rotatable bonds is 4. The molecule has 0 fully saturated rings. The second-order valence-electron chi connectivity index (χ2n) is 10.5. The van der Waals surface area contributed by atoms with Crippen LogP contribution in [0, 0.1) is 20.8 Å². The van der Waals surface area contributed by atoms with E-state index >= 15 is 0 Å². The molecular formula is C31H30N2O3. The van der Waals surface area contributed by atoms with Crippen LogP contribution in [-0.2, 0) is 9.53 Å². The number of carbonyl (C=O) groups is 1. The van der Waals surface area contributed by atoms with Crippen LogP contribution >= 0.6 is 0 Å². The minimum Gasteiger partial charge on any atom is -0.479 e. The predicted molar refractivity (Wildman–Crippen MR) is 145 cm³/mol. The number of pyridine rings is 2. The first-order valence-electron chi connectivity index (χ1n) is 12.1. The van der Waals surface area contributed by atoms with Gasteiger partial charge < -0.3 is 9.84 Å². The predicted octanol–water partition coefficient (Wildman–Crippen LogP) is 7.47. The Morgan fingerprint density at radius 2 is 1.61 bits per heavy atom. The topological polar surface area (TPSA) is 72.3 Å². The highest BCUT2D eigenvalue weighted by Gasteiger charge is 2.33. The maximum absolute atomic E-state index is 12.6. The Hall–Kier alpha value is -3.83. The number of aliphatic carboxylic acids is 1. The Morgan fingerprint density at radius 1 is 0.917 bits per heavy atom. The number of benzene rings is 3. The van der Waals surface area contributed by atoms with E-state index in [9.17, 15) is 9.90 Å². The molecule has 0 saturated carbocycles. The molecule has 5 nitrogen and oxygen atoms in total. The molecule has 3 aromatic carbocycles. The molecule has 5 heteroatoms. The number of aromatic nitrogens is 2. The number of hydrogen-bond acceptors (Lipinski definition) is 4. The molecule has 0 spiro atoms. The second-order valence-corrected chi connectivity index (χ2v) is 10.5. The fourth-order valence-corrected chi connectivity index (χ4v) is 5.03. The second kappa shape index (κ2) is 8.68. The summed E-state index contributed by atoms with van der Waals surface area (Å²) in [6, 6.07) is 18.3. The fourth-order valence-electron chi connectivity index (χ4n) is 5.03. The minimum absolute atomic E-state index is 0.638. The van der Waals surface area contributed by atoms with Gasteiger partial charge in [0.05, 0.1) is 22.2 Å². The zero-order valence-electron chi connectivity index (χ0n) is 21.5. The van der Waals surface area contributed by atoms with Gasteiger partial charge in [0.15, 0.2) is 6.10 Å². The van der Waals surface area contributed by atoms with E-state index in [0.717, 1.165) is 60.5 Å². The Kier molecular flexibility index (Phi) is 5.76. The van der Waals surface area contributed by atoms with E-state index in [1.165, 1.54) is 0 Å². The van der Waals surface area contributed by atoms with Crippen LogP contribution in [0.1, 0.15) is 49.1 Å². The van der Waals surface area contributed by atoms with Gasteiger partial charge in [-0.25, -0.2) is 9.78 Å². The highest BCUT2D eigenvalue weighted by atomic mass is 16.5. The summed E-state index contributed by atoms with van der Waals surface area (Å²) in [5, 5.41) is 13.3. The number of aryl methyl sites for hydroxylation is 3. The molecule has 0 saturated heterocycles. The molecule has 0 aliphatic rings. The maximum Gasteiger partial charge on any atom is 0.337 e. The molecule has 0 amide bonds. The third kappa shape index (κ3) is 4.10. The summed E-state index contributed by atoms with van der Waals surface area (Å²) < 4.78 is 6.16. The molecule has 36 heavy (non-hydrogen) atoms. The van der Waals surface area contributed by atoms with Gasteiger partial charge in [-0.3, -0.25) is 4.98 Å². The molecule has 0 unspecified atom stereocenters. The Labute approximate surface area is 210 Å². The molecular weight excluding hydrogens is 448 g/mol. The zero-order valence-corrected chi connectivity index (χ0v) is 21.5. The van der Waals surface area contributed by atoms with Crippen LogP contribution in [0.15, 0.2) is 60.8 Å². The van der Waals surface area contributed by atoms with Gasteiger partial charge in [0.1, 0.15) is 0 Å². The maximum atomic E-state index is 12.6. The highest BCUT2D eigenvalue weighted by molar-refractivity contribution is 6.11. The molecule has 2 heterocycles. The van der Waals surface area contributed by atoms with E-state index in [-0.39, 0.29) is 0 Å². The van der Waals surface area contributed by atoms with E-state index in [0.29, 0.717) is 5.56 Å². The molecule has 1 N–H and O–H groups in total. The van der Waals surface area contributed by atoms with Crippen molar-refractivity contribution in [2.24, 2.45) is 0 Å². The highest BCUT2D eigenvalue weighted by Crippen LogP contribution is 2.43.